The molecule has 0 fully saturated rings. The van der Waals surface area contributed by atoms with Crippen LogP contribution in [0.1, 0.15) is 5.56 Å². The number of hydrogen-bond acceptors (Lipinski definition) is 2. The summed E-state index contributed by atoms with van der Waals surface area (Å²) in [6.07, 6.45) is 0. The number of anilines is 3. The summed E-state index contributed by atoms with van der Waals surface area (Å²) in [5.41, 5.74) is 14.6. The van der Waals surface area contributed by atoms with Crippen molar-refractivity contribution < 1.29 is 4.74 Å². The Morgan fingerprint density at radius 2 is 1.15 bits per heavy atom. The molecule has 0 amide bonds. The molecule has 0 saturated carbocycles. The van der Waals surface area contributed by atoms with Crippen LogP contribution in [-0.2, 0) is 0 Å². The summed E-state index contributed by atoms with van der Waals surface area (Å²) in [5.74, 6) is 1.87. The fourth-order valence-corrected chi connectivity index (χ4v) is 7.99. The lowest BCUT2D eigenvalue weighted by Gasteiger charge is -2.41. The van der Waals surface area contributed by atoms with Crippen LogP contribution < -0.4 is 26.0 Å². The second kappa shape index (κ2) is 10.0. The first-order chi connectivity index (χ1) is 23.2. The maximum atomic E-state index is 6.52. The Morgan fingerprint density at radius 3 is 1.91 bits per heavy atom. The van der Waals surface area contributed by atoms with Gasteiger partial charge in [0.25, 0.3) is 6.71 Å². The largest absolute Gasteiger partial charge is 0.458 e. The van der Waals surface area contributed by atoms with Crippen LogP contribution in [0.5, 0.6) is 11.5 Å². The lowest BCUT2D eigenvalue weighted by atomic mass is 9.33. The molecule has 2 aliphatic heterocycles. The summed E-state index contributed by atoms with van der Waals surface area (Å²) < 4.78 is 8.90. The SMILES string of the molecule is Cc1cc(-c2ccc(-n3c4ccccc4c4ccccc43)cc2)cc2c1B1c3ccccc3Oc3cccc(c31)N2c1ccccc1. The van der Waals surface area contributed by atoms with Gasteiger partial charge in [-0.1, -0.05) is 103 Å². The maximum absolute atomic E-state index is 6.52. The zero-order chi connectivity index (χ0) is 31.1. The van der Waals surface area contributed by atoms with Crippen molar-refractivity contribution in [1.29, 1.82) is 0 Å². The van der Waals surface area contributed by atoms with Gasteiger partial charge in [0.2, 0.25) is 0 Å². The molecule has 8 aromatic rings. The Labute approximate surface area is 274 Å². The lowest BCUT2D eigenvalue weighted by Crippen LogP contribution is -2.60. The molecule has 1 aromatic heterocycles. The predicted octanol–water partition coefficient (Wildman–Crippen LogP) is 9.16. The average molecular weight is 601 g/mol. The molecule has 0 saturated heterocycles. The van der Waals surface area contributed by atoms with Gasteiger partial charge in [-0.3, -0.25) is 0 Å². The molecule has 7 aromatic carbocycles. The number of hydrogen-bond donors (Lipinski definition) is 0. The summed E-state index contributed by atoms with van der Waals surface area (Å²) in [6.45, 7) is 2.36. The molecular weight excluding hydrogens is 571 g/mol. The average Bonchev–Trinajstić information content (AvgIpc) is 3.46. The van der Waals surface area contributed by atoms with Crippen molar-refractivity contribution in [2.45, 2.75) is 6.92 Å². The van der Waals surface area contributed by atoms with E-state index in [2.05, 4.69) is 174 Å². The van der Waals surface area contributed by atoms with Crippen LogP contribution in [0.25, 0.3) is 38.6 Å². The minimum Gasteiger partial charge on any atom is -0.458 e. The Balaban J connectivity index is 1.16. The normalized spacial score (nSPS) is 12.9. The Morgan fingerprint density at radius 1 is 0.489 bits per heavy atom. The molecule has 3 nitrogen and oxygen atoms in total. The first-order valence-corrected chi connectivity index (χ1v) is 16.2. The second-order valence-corrected chi connectivity index (χ2v) is 12.6. The molecule has 220 valence electrons. The summed E-state index contributed by atoms with van der Waals surface area (Å²) in [6, 6.07) is 56.8. The van der Waals surface area contributed by atoms with Crippen LogP contribution >= 0.6 is 0 Å². The van der Waals surface area contributed by atoms with Crippen LogP contribution in [0.3, 0.4) is 0 Å². The van der Waals surface area contributed by atoms with Crippen molar-refractivity contribution >= 4 is 62.0 Å². The quantitative estimate of drug-likeness (QED) is 0.188. The number of benzene rings is 7. The van der Waals surface area contributed by atoms with Crippen molar-refractivity contribution in [2.24, 2.45) is 0 Å². The Kier molecular flexibility index (Phi) is 5.59. The number of para-hydroxylation sites is 4. The third kappa shape index (κ3) is 3.82. The number of fused-ring (bicyclic) bond motifs is 7. The molecular formula is C43H29BN2O. The third-order valence-electron chi connectivity index (χ3n) is 9.97. The van der Waals surface area contributed by atoms with Crippen LogP contribution in [0, 0.1) is 6.92 Å². The molecule has 0 radical (unpaired) electrons. The highest BCUT2D eigenvalue weighted by Crippen LogP contribution is 2.42. The van der Waals surface area contributed by atoms with Gasteiger partial charge in [0.15, 0.2) is 0 Å². The number of nitrogens with zero attached hydrogens (tertiary/aromatic N) is 2. The number of ether oxygens (including phenoxy) is 1. The van der Waals surface area contributed by atoms with E-state index in [1.165, 1.54) is 66.3 Å². The molecule has 10 rings (SSSR count). The molecule has 2 aliphatic rings. The van der Waals surface area contributed by atoms with E-state index in [0.717, 1.165) is 22.9 Å². The molecule has 0 aliphatic carbocycles. The van der Waals surface area contributed by atoms with Gasteiger partial charge in [0.1, 0.15) is 11.5 Å². The summed E-state index contributed by atoms with van der Waals surface area (Å²) in [7, 11) is 0. The van der Waals surface area contributed by atoms with Crippen molar-refractivity contribution in [3.05, 3.63) is 163 Å². The van der Waals surface area contributed by atoms with Gasteiger partial charge in [-0.05, 0) is 95.1 Å². The van der Waals surface area contributed by atoms with Gasteiger partial charge in [-0.15, -0.1) is 0 Å². The lowest BCUT2D eigenvalue weighted by molar-refractivity contribution is 0.487. The molecule has 0 spiro atoms. The van der Waals surface area contributed by atoms with E-state index in [-0.39, 0.29) is 6.71 Å². The smallest absolute Gasteiger partial charge is 0.256 e. The topological polar surface area (TPSA) is 17.4 Å². The van der Waals surface area contributed by atoms with E-state index in [1.807, 2.05) is 0 Å². The van der Waals surface area contributed by atoms with E-state index >= 15 is 0 Å². The minimum absolute atomic E-state index is 0.0906. The monoisotopic (exact) mass is 600 g/mol. The highest BCUT2D eigenvalue weighted by Gasteiger charge is 2.42. The summed E-state index contributed by atoms with van der Waals surface area (Å²) in [4.78, 5) is 2.42. The fraction of sp³-hybridized carbons (Fsp3) is 0.0233. The maximum Gasteiger partial charge on any atom is 0.256 e. The second-order valence-electron chi connectivity index (χ2n) is 12.6. The fourth-order valence-electron chi connectivity index (χ4n) is 7.99. The van der Waals surface area contributed by atoms with Crippen LogP contribution in [-0.4, -0.2) is 11.3 Å². The van der Waals surface area contributed by atoms with Crippen LogP contribution in [0.2, 0.25) is 0 Å². The van der Waals surface area contributed by atoms with Crippen molar-refractivity contribution in [3.8, 4) is 28.3 Å². The first kappa shape index (κ1) is 26.2. The van der Waals surface area contributed by atoms with E-state index in [9.17, 15) is 0 Å². The van der Waals surface area contributed by atoms with Crippen molar-refractivity contribution in [3.63, 3.8) is 0 Å². The van der Waals surface area contributed by atoms with Crippen LogP contribution in [0.15, 0.2) is 158 Å². The molecule has 0 atom stereocenters. The van der Waals surface area contributed by atoms with Gasteiger partial charge >= 0.3 is 0 Å². The van der Waals surface area contributed by atoms with E-state index in [4.69, 9.17) is 4.74 Å². The van der Waals surface area contributed by atoms with Gasteiger partial charge in [-0.2, -0.15) is 0 Å². The van der Waals surface area contributed by atoms with Crippen molar-refractivity contribution in [1.82, 2.24) is 4.57 Å². The van der Waals surface area contributed by atoms with E-state index in [0.29, 0.717) is 0 Å². The Hall–Kier alpha value is -6.00. The Bertz CT molecular complexity index is 2460. The minimum atomic E-state index is 0.0906. The standard InChI is InChI=1S/C43H29BN2O/c1-28-26-30(29-22-24-32(25-23-29)45-36-17-8-5-14-33(36)34-15-6-9-18-37(34)45)27-39-42(28)44-35-16-7-10-20-40(35)47-41-21-11-19-38(43(41)44)46(39)31-12-3-2-4-13-31/h2-27H,1H3. The van der Waals surface area contributed by atoms with Crippen LogP contribution in [0.4, 0.5) is 17.1 Å². The molecule has 0 unspecified atom stereocenters. The van der Waals surface area contributed by atoms with Crippen molar-refractivity contribution in [2.75, 3.05) is 4.90 Å². The van der Waals surface area contributed by atoms with Gasteiger partial charge in [0, 0.05) is 33.5 Å². The van der Waals surface area contributed by atoms with E-state index < -0.39 is 0 Å². The summed E-state index contributed by atoms with van der Waals surface area (Å²) in [5, 5.41) is 2.55. The first-order valence-electron chi connectivity index (χ1n) is 16.2. The highest BCUT2D eigenvalue weighted by atomic mass is 16.5. The van der Waals surface area contributed by atoms with Gasteiger partial charge in [0.05, 0.1) is 11.0 Å². The van der Waals surface area contributed by atoms with E-state index in [1.54, 1.807) is 0 Å². The summed E-state index contributed by atoms with van der Waals surface area (Å²) >= 11 is 0. The molecule has 3 heterocycles. The predicted molar refractivity (Wildman–Crippen MR) is 197 cm³/mol. The zero-order valence-electron chi connectivity index (χ0n) is 25.9. The zero-order valence-corrected chi connectivity index (χ0v) is 25.9. The molecule has 0 N–H and O–H groups in total. The molecule has 4 heteroatoms. The number of aromatic nitrogens is 1. The van der Waals surface area contributed by atoms with Gasteiger partial charge < -0.3 is 14.2 Å². The third-order valence-corrected chi connectivity index (χ3v) is 9.97. The number of rotatable bonds is 3. The molecule has 0 bridgehead atoms. The highest BCUT2D eigenvalue weighted by molar-refractivity contribution is 6.99. The number of aryl methyl sites for hydroxylation is 1. The molecule has 47 heavy (non-hydrogen) atoms. The van der Waals surface area contributed by atoms with Gasteiger partial charge in [-0.25, -0.2) is 0 Å².